The number of pyridine rings is 1. The zero-order valence-electron chi connectivity index (χ0n) is 16.0. The lowest BCUT2D eigenvalue weighted by Crippen LogP contribution is -2.35. The van der Waals surface area contributed by atoms with Crippen LogP contribution in [0.5, 0.6) is 0 Å². The molecule has 1 aromatic carbocycles. The van der Waals surface area contributed by atoms with Gasteiger partial charge in [-0.25, -0.2) is 13.4 Å². The number of hydrogen-bond acceptors (Lipinski definition) is 6. The molecule has 3 aromatic rings. The normalized spacial score (nSPS) is 14.4. The predicted octanol–water partition coefficient (Wildman–Crippen LogP) is 3.15. The molecule has 0 aliphatic carbocycles. The lowest BCUT2D eigenvalue weighted by atomic mass is 10.1. The molecule has 1 amide bonds. The molecule has 29 heavy (non-hydrogen) atoms. The van der Waals surface area contributed by atoms with Crippen LogP contribution in [0.3, 0.4) is 0 Å². The second-order valence-electron chi connectivity index (χ2n) is 6.89. The summed E-state index contributed by atoms with van der Waals surface area (Å²) in [5.74, 6) is -0.337. The van der Waals surface area contributed by atoms with Gasteiger partial charge in [0.15, 0.2) is 5.13 Å². The number of aromatic nitrogens is 2. The third-order valence-corrected chi connectivity index (χ3v) is 7.77. The Hall–Kier alpha value is -2.62. The molecule has 0 bridgehead atoms. The van der Waals surface area contributed by atoms with Gasteiger partial charge in [-0.1, -0.05) is 12.1 Å². The van der Waals surface area contributed by atoms with E-state index >= 15 is 0 Å². The van der Waals surface area contributed by atoms with E-state index in [-0.39, 0.29) is 12.5 Å². The molecule has 0 fully saturated rings. The summed E-state index contributed by atoms with van der Waals surface area (Å²) in [5, 5.41) is 3.21. The Balaban J connectivity index is 1.53. The van der Waals surface area contributed by atoms with Crippen LogP contribution in [0, 0.1) is 13.8 Å². The fourth-order valence-electron chi connectivity index (χ4n) is 3.11. The molecule has 7 nitrogen and oxygen atoms in total. The Kier molecular flexibility index (Phi) is 5.20. The first kappa shape index (κ1) is 19.7. The van der Waals surface area contributed by atoms with Crippen molar-refractivity contribution in [3.8, 4) is 0 Å². The van der Waals surface area contributed by atoms with Crippen LogP contribution in [0.2, 0.25) is 0 Å². The first-order valence-electron chi connectivity index (χ1n) is 9.13. The number of nitrogens with one attached hydrogen (secondary N) is 1. The van der Waals surface area contributed by atoms with Crippen molar-refractivity contribution in [2.24, 2.45) is 0 Å². The maximum absolute atomic E-state index is 13.1. The number of amides is 1. The van der Waals surface area contributed by atoms with Gasteiger partial charge in [0, 0.05) is 24.0 Å². The van der Waals surface area contributed by atoms with Gasteiger partial charge in [0.2, 0.25) is 10.0 Å². The molecule has 0 spiro atoms. The van der Waals surface area contributed by atoms with Crippen LogP contribution in [0.15, 0.2) is 47.5 Å². The first-order chi connectivity index (χ1) is 13.8. The first-order valence-corrected chi connectivity index (χ1v) is 11.4. The minimum Gasteiger partial charge on any atom is -0.296 e. The summed E-state index contributed by atoms with van der Waals surface area (Å²) in [6.07, 6.45) is 2.06. The highest BCUT2D eigenvalue weighted by Crippen LogP contribution is 2.31. The topological polar surface area (TPSA) is 92.3 Å². The summed E-state index contributed by atoms with van der Waals surface area (Å²) >= 11 is 1.30. The summed E-state index contributed by atoms with van der Waals surface area (Å²) < 4.78 is 27.6. The number of thiazole rings is 1. The third kappa shape index (κ3) is 3.93. The van der Waals surface area contributed by atoms with E-state index in [1.165, 1.54) is 15.6 Å². The number of anilines is 1. The highest BCUT2D eigenvalue weighted by molar-refractivity contribution is 7.89. The number of benzene rings is 1. The molecule has 0 unspecified atom stereocenters. The standard InChI is InChI=1S/C20H20N4O3S2/c1-13-6-7-15(11-14(13)2)29(26,27)24-10-8-16-18(12-24)28-20(22-16)23-19(25)17-5-3-4-9-21-17/h3-7,9,11H,8,10,12H2,1-2H3,(H,22,23,25). The summed E-state index contributed by atoms with van der Waals surface area (Å²) in [5.41, 5.74) is 3.14. The lowest BCUT2D eigenvalue weighted by molar-refractivity contribution is 0.102. The van der Waals surface area contributed by atoms with E-state index in [1.807, 2.05) is 19.9 Å². The van der Waals surface area contributed by atoms with Gasteiger partial charge in [0.25, 0.3) is 5.91 Å². The van der Waals surface area contributed by atoms with E-state index in [2.05, 4.69) is 15.3 Å². The second-order valence-corrected chi connectivity index (χ2v) is 9.91. The molecule has 0 saturated heterocycles. The SMILES string of the molecule is Cc1ccc(S(=O)(=O)N2CCc3nc(NC(=O)c4ccccn4)sc3C2)cc1C. The Labute approximate surface area is 173 Å². The number of rotatable bonds is 4. The fourth-order valence-corrected chi connectivity index (χ4v) is 5.71. The Morgan fingerprint density at radius 3 is 2.72 bits per heavy atom. The van der Waals surface area contributed by atoms with Crippen LogP contribution in [0.25, 0.3) is 0 Å². The van der Waals surface area contributed by atoms with E-state index in [4.69, 9.17) is 0 Å². The maximum Gasteiger partial charge on any atom is 0.276 e. The molecule has 1 aliphatic rings. The zero-order chi connectivity index (χ0) is 20.6. The number of hydrogen-bond donors (Lipinski definition) is 1. The Morgan fingerprint density at radius 2 is 2.00 bits per heavy atom. The zero-order valence-corrected chi connectivity index (χ0v) is 17.7. The average Bonchev–Trinajstić information content (AvgIpc) is 3.12. The largest absolute Gasteiger partial charge is 0.296 e. The molecule has 9 heteroatoms. The van der Waals surface area contributed by atoms with Gasteiger partial charge in [0.1, 0.15) is 5.69 Å². The van der Waals surface area contributed by atoms with Crippen LogP contribution >= 0.6 is 11.3 Å². The van der Waals surface area contributed by atoms with E-state index < -0.39 is 10.0 Å². The Bertz CT molecular complexity index is 1170. The van der Waals surface area contributed by atoms with E-state index in [9.17, 15) is 13.2 Å². The molecular weight excluding hydrogens is 408 g/mol. The van der Waals surface area contributed by atoms with E-state index in [0.29, 0.717) is 28.7 Å². The van der Waals surface area contributed by atoms with Crippen LogP contribution in [0.4, 0.5) is 5.13 Å². The molecule has 3 heterocycles. The second kappa shape index (κ2) is 7.66. The number of carbonyl (C=O) groups is 1. The predicted molar refractivity (Wildman–Crippen MR) is 112 cm³/mol. The number of sulfonamides is 1. The van der Waals surface area contributed by atoms with Crippen molar-refractivity contribution >= 4 is 32.4 Å². The van der Waals surface area contributed by atoms with Gasteiger partial charge in [-0.3, -0.25) is 15.1 Å². The molecule has 2 aromatic heterocycles. The monoisotopic (exact) mass is 428 g/mol. The van der Waals surface area contributed by atoms with Crippen LogP contribution in [-0.2, 0) is 23.0 Å². The van der Waals surface area contributed by atoms with Crippen LogP contribution < -0.4 is 5.32 Å². The molecule has 4 rings (SSSR count). The van der Waals surface area contributed by atoms with Gasteiger partial charge in [-0.15, -0.1) is 11.3 Å². The minimum atomic E-state index is -3.59. The van der Waals surface area contributed by atoms with Crippen molar-refractivity contribution < 1.29 is 13.2 Å². The highest BCUT2D eigenvalue weighted by atomic mass is 32.2. The van der Waals surface area contributed by atoms with Gasteiger partial charge in [-0.2, -0.15) is 4.31 Å². The summed E-state index contributed by atoms with van der Waals surface area (Å²) in [6.45, 7) is 4.47. The maximum atomic E-state index is 13.1. The van der Waals surface area contributed by atoms with Crippen molar-refractivity contribution in [1.82, 2.24) is 14.3 Å². The minimum absolute atomic E-state index is 0.252. The van der Waals surface area contributed by atoms with Gasteiger partial charge >= 0.3 is 0 Å². The van der Waals surface area contributed by atoms with Crippen LogP contribution in [0.1, 0.15) is 32.2 Å². The fraction of sp³-hybridized carbons (Fsp3) is 0.250. The van der Waals surface area contributed by atoms with Gasteiger partial charge < -0.3 is 0 Å². The summed E-state index contributed by atoms with van der Waals surface area (Å²) in [4.78, 5) is 21.9. The van der Waals surface area contributed by atoms with Crippen LogP contribution in [-0.4, -0.2) is 35.1 Å². The molecule has 0 atom stereocenters. The average molecular weight is 429 g/mol. The molecule has 1 aliphatic heterocycles. The van der Waals surface area contributed by atoms with Crippen molar-refractivity contribution in [1.29, 1.82) is 0 Å². The number of nitrogens with zero attached hydrogens (tertiary/aromatic N) is 3. The summed E-state index contributed by atoms with van der Waals surface area (Å²) in [6, 6.07) is 10.3. The quantitative estimate of drug-likeness (QED) is 0.689. The molecule has 0 saturated carbocycles. The molecular formula is C20H20N4O3S2. The van der Waals surface area contributed by atoms with Crippen molar-refractivity contribution in [3.05, 3.63) is 70.0 Å². The summed E-state index contributed by atoms with van der Waals surface area (Å²) in [7, 11) is -3.59. The van der Waals surface area contributed by atoms with E-state index in [0.717, 1.165) is 21.7 Å². The number of aryl methyl sites for hydroxylation is 2. The molecule has 150 valence electrons. The Morgan fingerprint density at radius 1 is 1.17 bits per heavy atom. The third-order valence-electron chi connectivity index (χ3n) is 4.93. The number of fused-ring (bicyclic) bond motifs is 1. The van der Waals surface area contributed by atoms with Gasteiger partial charge in [0.05, 0.1) is 17.1 Å². The van der Waals surface area contributed by atoms with Gasteiger partial charge in [-0.05, 0) is 49.2 Å². The van der Waals surface area contributed by atoms with Crippen molar-refractivity contribution in [2.45, 2.75) is 31.7 Å². The molecule has 0 radical (unpaired) electrons. The van der Waals surface area contributed by atoms with Crippen molar-refractivity contribution in [3.63, 3.8) is 0 Å². The van der Waals surface area contributed by atoms with E-state index in [1.54, 1.807) is 36.5 Å². The lowest BCUT2D eigenvalue weighted by Gasteiger charge is -2.25. The smallest absolute Gasteiger partial charge is 0.276 e. The van der Waals surface area contributed by atoms with Crippen molar-refractivity contribution in [2.75, 3.05) is 11.9 Å². The highest BCUT2D eigenvalue weighted by Gasteiger charge is 2.30. The molecule has 1 N–H and O–H groups in total. The number of carbonyl (C=O) groups excluding carboxylic acids is 1.